The Morgan fingerprint density at radius 2 is 1.80 bits per heavy atom. The molecular formula is C26H30FN5O3. The molecule has 1 aromatic carbocycles. The van der Waals surface area contributed by atoms with Gasteiger partial charge in [-0.3, -0.25) is 9.59 Å². The van der Waals surface area contributed by atoms with Crippen LogP contribution in [-0.4, -0.2) is 72.6 Å². The summed E-state index contributed by atoms with van der Waals surface area (Å²) in [5.41, 5.74) is 2.80. The zero-order chi connectivity index (χ0) is 25.1. The normalized spacial score (nSPS) is 19.6. The van der Waals surface area contributed by atoms with Gasteiger partial charge in [0.1, 0.15) is 17.6 Å². The second-order valence-electron chi connectivity index (χ2n) is 10.6. The number of nitrogens with zero attached hydrogens (tertiary/aromatic N) is 5. The Morgan fingerprint density at radius 1 is 1.11 bits per heavy atom. The summed E-state index contributed by atoms with van der Waals surface area (Å²) in [4.78, 5) is 33.9. The van der Waals surface area contributed by atoms with Crippen molar-refractivity contribution in [1.29, 1.82) is 0 Å². The van der Waals surface area contributed by atoms with Crippen LogP contribution in [0.25, 0.3) is 16.9 Å². The number of hydrogen-bond donors (Lipinski definition) is 1. The van der Waals surface area contributed by atoms with Gasteiger partial charge in [-0.05, 0) is 69.4 Å². The molecule has 3 heterocycles. The van der Waals surface area contributed by atoms with E-state index in [1.54, 1.807) is 32.6 Å². The highest BCUT2D eigenvalue weighted by atomic mass is 19.1. The average molecular weight is 480 g/mol. The number of carbonyl (C=O) groups is 2. The van der Waals surface area contributed by atoms with Gasteiger partial charge in [0.25, 0.3) is 11.8 Å². The Kier molecular flexibility index (Phi) is 5.43. The Hall–Kier alpha value is -3.33. The van der Waals surface area contributed by atoms with Gasteiger partial charge < -0.3 is 14.9 Å². The van der Waals surface area contributed by atoms with Crippen LogP contribution >= 0.6 is 0 Å². The molecule has 1 atom stereocenters. The van der Waals surface area contributed by atoms with Gasteiger partial charge in [0.15, 0.2) is 5.65 Å². The van der Waals surface area contributed by atoms with E-state index in [4.69, 9.17) is 10.1 Å². The fourth-order valence-corrected chi connectivity index (χ4v) is 4.86. The lowest BCUT2D eigenvalue weighted by molar-refractivity contribution is -0.143. The number of halogens is 1. The van der Waals surface area contributed by atoms with Crippen molar-refractivity contribution in [2.45, 2.75) is 57.6 Å². The number of benzene rings is 1. The largest absolute Gasteiger partial charge is 0.384 e. The molecule has 5 rings (SSSR count). The Labute approximate surface area is 203 Å². The molecule has 1 saturated carbocycles. The molecule has 9 heteroatoms. The highest BCUT2D eigenvalue weighted by Gasteiger charge is 2.43. The number of carbonyl (C=O) groups excluding carboxylic acids is 2. The van der Waals surface area contributed by atoms with E-state index in [0.717, 1.165) is 24.0 Å². The van der Waals surface area contributed by atoms with Crippen LogP contribution in [-0.2, 0) is 10.2 Å². The highest BCUT2D eigenvalue weighted by molar-refractivity contribution is 5.94. The number of piperazine rings is 1. The molecule has 2 aliphatic rings. The lowest BCUT2D eigenvalue weighted by Gasteiger charge is -2.47. The van der Waals surface area contributed by atoms with Gasteiger partial charge in [-0.1, -0.05) is 6.92 Å². The lowest BCUT2D eigenvalue weighted by Crippen LogP contribution is -2.63. The van der Waals surface area contributed by atoms with Crippen LogP contribution in [0, 0.1) is 5.82 Å². The van der Waals surface area contributed by atoms with Crippen LogP contribution in [0.1, 0.15) is 56.6 Å². The van der Waals surface area contributed by atoms with Gasteiger partial charge in [-0.2, -0.15) is 5.10 Å². The van der Waals surface area contributed by atoms with Crippen LogP contribution < -0.4 is 0 Å². The third kappa shape index (κ3) is 4.18. The van der Waals surface area contributed by atoms with Crippen LogP contribution in [0.15, 0.2) is 36.5 Å². The van der Waals surface area contributed by atoms with Crippen molar-refractivity contribution in [3.05, 3.63) is 53.6 Å². The summed E-state index contributed by atoms with van der Waals surface area (Å²) >= 11 is 0. The van der Waals surface area contributed by atoms with Crippen molar-refractivity contribution in [2.75, 3.05) is 19.6 Å². The number of aliphatic hydroxyl groups is 1. The molecular weight excluding hydrogens is 449 g/mol. The van der Waals surface area contributed by atoms with E-state index in [0.29, 0.717) is 36.7 Å². The SMILES string of the molecule is CC(O)C(=O)N1CCN(C(=O)c2cn3nc(-c4ccc(F)cc4)cc(C4(C)CC4)c3n2)C(C)(C)C1. The van der Waals surface area contributed by atoms with Crippen LogP contribution in [0.3, 0.4) is 0 Å². The average Bonchev–Trinajstić information content (AvgIpc) is 3.41. The van der Waals surface area contributed by atoms with Crippen molar-refractivity contribution < 1.29 is 19.1 Å². The molecule has 184 valence electrons. The van der Waals surface area contributed by atoms with Crippen LogP contribution in [0.2, 0.25) is 0 Å². The third-order valence-electron chi connectivity index (χ3n) is 7.25. The fraction of sp³-hybridized carbons (Fsp3) is 0.462. The monoisotopic (exact) mass is 479 g/mol. The molecule has 0 bridgehead atoms. The van der Waals surface area contributed by atoms with E-state index >= 15 is 0 Å². The second-order valence-corrected chi connectivity index (χ2v) is 10.6. The minimum absolute atomic E-state index is 0.0309. The molecule has 0 radical (unpaired) electrons. The zero-order valence-electron chi connectivity index (χ0n) is 20.5. The number of hydrogen-bond acceptors (Lipinski definition) is 5. The maximum atomic E-state index is 13.6. The first-order valence-electron chi connectivity index (χ1n) is 11.9. The first-order chi connectivity index (χ1) is 16.5. The van der Waals surface area contributed by atoms with E-state index in [-0.39, 0.29) is 23.0 Å². The fourth-order valence-electron chi connectivity index (χ4n) is 4.86. The first kappa shape index (κ1) is 23.4. The standard InChI is InChI=1S/C26H30FN5O3/c1-16(33)23(34)30-11-12-31(25(2,3)15-30)24(35)21-14-32-22(28-21)19(26(4)9-10-26)13-20(29-32)17-5-7-18(27)8-6-17/h5-8,13-14,16,33H,9-12,15H2,1-4H3. The summed E-state index contributed by atoms with van der Waals surface area (Å²) in [6.07, 6.45) is 2.63. The number of fused-ring (bicyclic) bond motifs is 1. The Bertz CT molecular complexity index is 1310. The van der Waals surface area contributed by atoms with E-state index < -0.39 is 11.6 Å². The minimum Gasteiger partial charge on any atom is -0.384 e. The van der Waals surface area contributed by atoms with Crippen molar-refractivity contribution in [1.82, 2.24) is 24.4 Å². The quantitative estimate of drug-likeness (QED) is 0.621. The van der Waals surface area contributed by atoms with Gasteiger partial charge in [-0.15, -0.1) is 0 Å². The molecule has 1 aliphatic carbocycles. The summed E-state index contributed by atoms with van der Waals surface area (Å²) in [5.74, 6) is -0.866. The van der Waals surface area contributed by atoms with E-state index in [2.05, 4.69) is 6.92 Å². The molecule has 2 aromatic heterocycles. The van der Waals surface area contributed by atoms with Gasteiger partial charge in [0.05, 0.1) is 17.4 Å². The minimum atomic E-state index is -1.07. The highest BCUT2D eigenvalue weighted by Crippen LogP contribution is 2.49. The van der Waals surface area contributed by atoms with Crippen LogP contribution in [0.5, 0.6) is 0 Å². The number of aliphatic hydroxyl groups excluding tert-OH is 1. The zero-order valence-corrected chi connectivity index (χ0v) is 20.5. The number of amides is 2. The number of imidazole rings is 1. The molecule has 1 aliphatic heterocycles. The Morgan fingerprint density at radius 3 is 2.40 bits per heavy atom. The van der Waals surface area contributed by atoms with Crippen molar-refractivity contribution >= 4 is 17.5 Å². The van der Waals surface area contributed by atoms with E-state index in [1.165, 1.54) is 19.1 Å². The Balaban J connectivity index is 1.50. The van der Waals surface area contributed by atoms with Gasteiger partial charge >= 0.3 is 0 Å². The number of aromatic nitrogens is 3. The maximum absolute atomic E-state index is 13.6. The summed E-state index contributed by atoms with van der Waals surface area (Å²) in [6.45, 7) is 8.46. The van der Waals surface area contributed by atoms with Gasteiger partial charge in [-0.25, -0.2) is 13.9 Å². The molecule has 0 spiro atoms. The van der Waals surface area contributed by atoms with Crippen LogP contribution in [0.4, 0.5) is 4.39 Å². The van der Waals surface area contributed by atoms with Gasteiger partial charge in [0, 0.05) is 30.8 Å². The number of rotatable bonds is 4. The summed E-state index contributed by atoms with van der Waals surface area (Å²) in [5, 5.41) is 14.4. The first-order valence-corrected chi connectivity index (χ1v) is 11.9. The molecule has 35 heavy (non-hydrogen) atoms. The molecule has 1 saturated heterocycles. The molecule has 3 aromatic rings. The topological polar surface area (TPSA) is 91.0 Å². The van der Waals surface area contributed by atoms with Crippen molar-refractivity contribution in [2.24, 2.45) is 0 Å². The smallest absolute Gasteiger partial charge is 0.274 e. The maximum Gasteiger partial charge on any atom is 0.274 e. The van der Waals surface area contributed by atoms with Crippen molar-refractivity contribution in [3.63, 3.8) is 0 Å². The molecule has 1 unspecified atom stereocenters. The second kappa shape index (κ2) is 8.12. The van der Waals surface area contributed by atoms with Gasteiger partial charge in [0.2, 0.25) is 0 Å². The predicted octanol–water partition coefficient (Wildman–Crippen LogP) is 3.03. The molecule has 2 amide bonds. The third-order valence-corrected chi connectivity index (χ3v) is 7.25. The summed E-state index contributed by atoms with van der Waals surface area (Å²) in [6, 6.07) is 8.21. The predicted molar refractivity (Wildman–Crippen MR) is 128 cm³/mol. The summed E-state index contributed by atoms with van der Waals surface area (Å²) < 4.78 is 15.1. The lowest BCUT2D eigenvalue weighted by atomic mass is 9.97. The molecule has 1 N–H and O–H groups in total. The summed E-state index contributed by atoms with van der Waals surface area (Å²) in [7, 11) is 0. The van der Waals surface area contributed by atoms with Crippen molar-refractivity contribution in [3.8, 4) is 11.3 Å². The molecule has 8 nitrogen and oxygen atoms in total. The van der Waals surface area contributed by atoms with E-state index in [9.17, 15) is 19.1 Å². The molecule has 2 fully saturated rings. The van der Waals surface area contributed by atoms with E-state index in [1.807, 2.05) is 19.9 Å².